The van der Waals surface area contributed by atoms with Crippen molar-refractivity contribution in [2.24, 2.45) is 0 Å². The molecule has 29 heavy (non-hydrogen) atoms. The highest BCUT2D eigenvalue weighted by atomic mass is 35.5. The summed E-state index contributed by atoms with van der Waals surface area (Å²) in [6.07, 6.45) is 0.484. The molecule has 0 saturated carbocycles. The number of amides is 1. The van der Waals surface area contributed by atoms with Gasteiger partial charge in [-0.3, -0.25) is 14.7 Å². The Hall–Kier alpha value is -3.00. The molecule has 0 aliphatic carbocycles. The second kappa shape index (κ2) is 7.44. The van der Waals surface area contributed by atoms with Gasteiger partial charge in [-0.15, -0.1) is 0 Å². The molecule has 9 heteroatoms. The van der Waals surface area contributed by atoms with Gasteiger partial charge in [0.05, 0.1) is 16.8 Å². The Balaban J connectivity index is 2.17. The van der Waals surface area contributed by atoms with Crippen LogP contribution in [0.4, 0.5) is 19.3 Å². The molecule has 0 saturated heterocycles. The first kappa shape index (κ1) is 20.7. The van der Waals surface area contributed by atoms with Gasteiger partial charge < -0.3 is 4.74 Å². The number of fused-ring (bicyclic) bond motifs is 1. The quantitative estimate of drug-likeness (QED) is 0.593. The van der Waals surface area contributed by atoms with Crippen LogP contribution in [-0.4, -0.2) is 21.2 Å². The maximum absolute atomic E-state index is 14.6. The summed E-state index contributed by atoms with van der Waals surface area (Å²) < 4.78 is 35.3. The van der Waals surface area contributed by atoms with Crippen LogP contribution < -0.4 is 10.7 Å². The summed E-state index contributed by atoms with van der Waals surface area (Å²) in [7, 11) is 0. The fraction of sp³-hybridized carbons (Fsp3) is 0.250. The Morgan fingerprint density at radius 1 is 1.21 bits per heavy atom. The SMILES string of the molecule is Cc1cn(-c2cc(NC(=O)OC(C)(C)C)c(F)cc2F)c2nc(Cl)ccc2c1=O. The molecule has 0 aliphatic rings. The Morgan fingerprint density at radius 3 is 2.55 bits per heavy atom. The highest BCUT2D eigenvalue weighted by Gasteiger charge is 2.20. The monoisotopic (exact) mass is 421 g/mol. The van der Waals surface area contributed by atoms with Gasteiger partial charge in [0.15, 0.2) is 5.43 Å². The van der Waals surface area contributed by atoms with Crippen LogP contribution in [0.5, 0.6) is 0 Å². The third-order valence-corrected chi connectivity index (χ3v) is 4.14. The molecule has 6 nitrogen and oxygen atoms in total. The molecule has 0 aliphatic heterocycles. The highest BCUT2D eigenvalue weighted by Crippen LogP contribution is 2.26. The first-order chi connectivity index (χ1) is 13.5. The maximum Gasteiger partial charge on any atom is 0.412 e. The lowest BCUT2D eigenvalue weighted by Crippen LogP contribution is -2.27. The van der Waals surface area contributed by atoms with Crippen LogP contribution in [0.3, 0.4) is 0 Å². The molecule has 0 bridgehead atoms. The molecule has 1 aromatic carbocycles. The Labute approximate surface area is 170 Å². The average Bonchev–Trinajstić information content (AvgIpc) is 2.59. The summed E-state index contributed by atoms with van der Waals surface area (Å²) in [5.74, 6) is -1.89. The summed E-state index contributed by atoms with van der Waals surface area (Å²) in [5, 5.41) is 2.59. The maximum atomic E-state index is 14.6. The van der Waals surface area contributed by atoms with Crippen molar-refractivity contribution < 1.29 is 18.3 Å². The molecule has 152 valence electrons. The second-order valence-electron chi connectivity index (χ2n) is 7.43. The molecule has 0 spiro atoms. The zero-order chi connectivity index (χ0) is 21.5. The third kappa shape index (κ3) is 4.37. The first-order valence-corrected chi connectivity index (χ1v) is 9.02. The van der Waals surface area contributed by atoms with Crippen LogP contribution in [0.2, 0.25) is 5.15 Å². The number of anilines is 1. The van der Waals surface area contributed by atoms with E-state index in [1.807, 2.05) is 0 Å². The van der Waals surface area contributed by atoms with Crippen molar-refractivity contribution in [2.45, 2.75) is 33.3 Å². The number of ether oxygens (including phenoxy) is 1. The largest absolute Gasteiger partial charge is 0.444 e. The number of halogens is 3. The van der Waals surface area contributed by atoms with Gasteiger partial charge in [0.1, 0.15) is 28.0 Å². The van der Waals surface area contributed by atoms with E-state index in [4.69, 9.17) is 16.3 Å². The highest BCUT2D eigenvalue weighted by molar-refractivity contribution is 6.29. The van der Waals surface area contributed by atoms with E-state index in [0.29, 0.717) is 11.6 Å². The van der Waals surface area contributed by atoms with E-state index in [-0.39, 0.29) is 33.0 Å². The summed E-state index contributed by atoms with van der Waals surface area (Å²) >= 11 is 5.94. The number of rotatable bonds is 2. The number of carbonyl (C=O) groups excluding carboxylic acids is 1. The second-order valence-corrected chi connectivity index (χ2v) is 7.81. The molecule has 0 atom stereocenters. The molecule has 1 N–H and O–H groups in total. The lowest BCUT2D eigenvalue weighted by atomic mass is 10.2. The van der Waals surface area contributed by atoms with Crippen molar-refractivity contribution in [2.75, 3.05) is 5.32 Å². The Kier molecular flexibility index (Phi) is 5.32. The van der Waals surface area contributed by atoms with Gasteiger partial charge in [-0.2, -0.15) is 0 Å². The van der Waals surface area contributed by atoms with E-state index in [1.165, 1.54) is 22.9 Å². The minimum atomic E-state index is -0.981. The van der Waals surface area contributed by atoms with Crippen LogP contribution in [-0.2, 0) is 4.74 Å². The van der Waals surface area contributed by atoms with E-state index >= 15 is 0 Å². The average molecular weight is 422 g/mol. The zero-order valence-corrected chi connectivity index (χ0v) is 16.9. The fourth-order valence-electron chi connectivity index (χ4n) is 2.73. The van der Waals surface area contributed by atoms with E-state index < -0.39 is 23.3 Å². The van der Waals surface area contributed by atoms with Crippen LogP contribution in [0, 0.1) is 18.6 Å². The van der Waals surface area contributed by atoms with E-state index in [2.05, 4.69) is 10.3 Å². The number of nitrogens with zero attached hydrogens (tertiary/aromatic N) is 2. The number of aryl methyl sites for hydroxylation is 1. The smallest absolute Gasteiger partial charge is 0.412 e. The number of pyridine rings is 2. The van der Waals surface area contributed by atoms with Crippen molar-refractivity contribution in [3.05, 3.63) is 63.0 Å². The van der Waals surface area contributed by atoms with Gasteiger partial charge in [-0.05, 0) is 45.9 Å². The first-order valence-electron chi connectivity index (χ1n) is 8.64. The molecular formula is C20H18ClF2N3O3. The molecule has 3 rings (SSSR count). The van der Waals surface area contributed by atoms with Crippen molar-refractivity contribution in [3.63, 3.8) is 0 Å². The van der Waals surface area contributed by atoms with Crippen LogP contribution in [0.25, 0.3) is 16.7 Å². The molecule has 0 unspecified atom stereocenters. The van der Waals surface area contributed by atoms with Gasteiger partial charge in [-0.25, -0.2) is 18.6 Å². The number of benzene rings is 1. The predicted octanol–water partition coefficient (Wildman–Crippen LogP) is 4.97. The molecule has 0 radical (unpaired) electrons. The summed E-state index contributed by atoms with van der Waals surface area (Å²) in [4.78, 5) is 28.5. The number of nitrogens with one attached hydrogen (secondary N) is 1. The molecule has 0 fully saturated rings. The third-order valence-electron chi connectivity index (χ3n) is 3.93. The number of carbonyl (C=O) groups is 1. The molecule has 2 aromatic heterocycles. The van der Waals surface area contributed by atoms with Gasteiger partial charge in [0.2, 0.25) is 0 Å². The van der Waals surface area contributed by atoms with Gasteiger partial charge in [-0.1, -0.05) is 11.6 Å². The summed E-state index contributed by atoms with van der Waals surface area (Å²) in [5.41, 5.74) is -1.07. The van der Waals surface area contributed by atoms with E-state index in [0.717, 1.165) is 6.07 Å². The van der Waals surface area contributed by atoms with Crippen LogP contribution in [0.15, 0.2) is 35.3 Å². The lowest BCUT2D eigenvalue weighted by molar-refractivity contribution is 0.0635. The van der Waals surface area contributed by atoms with E-state index in [9.17, 15) is 18.4 Å². The molecular weight excluding hydrogens is 404 g/mol. The van der Waals surface area contributed by atoms with Crippen molar-refractivity contribution in [1.82, 2.24) is 9.55 Å². The van der Waals surface area contributed by atoms with Gasteiger partial charge in [0, 0.05) is 17.8 Å². The number of aromatic nitrogens is 2. The van der Waals surface area contributed by atoms with Gasteiger partial charge >= 0.3 is 6.09 Å². The minimum absolute atomic E-state index is 0.0989. The fourth-order valence-corrected chi connectivity index (χ4v) is 2.87. The molecule has 3 aromatic rings. The van der Waals surface area contributed by atoms with Crippen molar-refractivity contribution >= 4 is 34.4 Å². The molecule has 1 amide bonds. The lowest BCUT2D eigenvalue weighted by Gasteiger charge is -2.20. The normalized spacial score (nSPS) is 11.6. The number of hydrogen-bond acceptors (Lipinski definition) is 4. The zero-order valence-electron chi connectivity index (χ0n) is 16.1. The predicted molar refractivity (Wildman–Crippen MR) is 107 cm³/mol. The van der Waals surface area contributed by atoms with E-state index in [1.54, 1.807) is 27.7 Å². The van der Waals surface area contributed by atoms with Crippen molar-refractivity contribution in [3.8, 4) is 5.69 Å². The molecule has 2 heterocycles. The Bertz CT molecular complexity index is 1190. The summed E-state index contributed by atoms with van der Waals surface area (Å²) in [6, 6.07) is 4.66. The van der Waals surface area contributed by atoms with Gasteiger partial charge in [0.25, 0.3) is 0 Å². The Morgan fingerprint density at radius 2 is 1.90 bits per heavy atom. The van der Waals surface area contributed by atoms with Crippen LogP contribution >= 0.6 is 11.6 Å². The minimum Gasteiger partial charge on any atom is -0.444 e. The van der Waals surface area contributed by atoms with Crippen LogP contribution in [0.1, 0.15) is 26.3 Å². The standard InChI is InChI=1S/C20H18ClF2N3O3/c1-10-9-26(18-11(17(10)27)5-6-16(21)25-18)15-8-14(12(22)7-13(15)23)24-19(28)29-20(2,3)4/h5-9H,1-4H3,(H,24,28). The summed E-state index contributed by atoms with van der Waals surface area (Å²) in [6.45, 7) is 6.53. The van der Waals surface area contributed by atoms with Crippen molar-refractivity contribution in [1.29, 1.82) is 0 Å². The number of hydrogen-bond donors (Lipinski definition) is 1. The topological polar surface area (TPSA) is 73.2 Å².